The molecule has 1 saturated heterocycles. The molecule has 0 spiro atoms. The van der Waals surface area contributed by atoms with Gasteiger partial charge in [0.05, 0.1) is 17.1 Å². The first-order valence-electron chi connectivity index (χ1n) is 8.99. The summed E-state index contributed by atoms with van der Waals surface area (Å²) < 4.78 is 38.5. The van der Waals surface area contributed by atoms with Crippen molar-refractivity contribution >= 4 is 38.1 Å². The van der Waals surface area contributed by atoms with Crippen molar-refractivity contribution in [2.45, 2.75) is 13.3 Å². The lowest BCUT2D eigenvalue weighted by Crippen LogP contribution is -2.25. The van der Waals surface area contributed by atoms with Crippen LogP contribution in [-0.4, -0.2) is 31.6 Å². The summed E-state index contributed by atoms with van der Waals surface area (Å²) in [7, 11) is -3.25. The Balaban J connectivity index is 1.50. The van der Waals surface area contributed by atoms with Crippen molar-refractivity contribution in [3.63, 3.8) is 0 Å². The van der Waals surface area contributed by atoms with Gasteiger partial charge in [0.25, 0.3) is 5.91 Å². The number of hydrogen-bond donors (Lipinski definition) is 1. The fourth-order valence-electron chi connectivity index (χ4n) is 3.20. The van der Waals surface area contributed by atoms with Crippen molar-refractivity contribution in [2.75, 3.05) is 21.9 Å². The van der Waals surface area contributed by atoms with Gasteiger partial charge in [0.2, 0.25) is 10.0 Å². The van der Waals surface area contributed by atoms with Gasteiger partial charge in [-0.25, -0.2) is 17.8 Å². The van der Waals surface area contributed by atoms with Crippen molar-refractivity contribution in [1.29, 1.82) is 0 Å². The highest BCUT2D eigenvalue weighted by Crippen LogP contribution is 2.31. The number of aryl methyl sites for hydroxylation is 1. The van der Waals surface area contributed by atoms with Crippen molar-refractivity contribution in [3.05, 3.63) is 64.8 Å². The zero-order valence-electron chi connectivity index (χ0n) is 15.6. The number of sulfonamides is 1. The molecule has 1 aromatic heterocycles. The third-order valence-electron chi connectivity index (χ3n) is 4.65. The Labute approximate surface area is 172 Å². The lowest BCUT2D eigenvalue weighted by molar-refractivity contribution is 0.102. The normalized spacial score (nSPS) is 15.4. The SMILES string of the molecule is Cc1sc(NC(=O)c2ccc(N3CCCS3(=O)=O)cc2)nc1-c1ccc(F)cc1. The minimum atomic E-state index is -3.25. The van der Waals surface area contributed by atoms with Gasteiger partial charge in [0, 0.05) is 22.5 Å². The Morgan fingerprint density at radius 2 is 1.83 bits per heavy atom. The number of carbonyl (C=O) groups excluding carboxylic acids is 1. The number of hydrogen-bond acceptors (Lipinski definition) is 5. The molecule has 150 valence electrons. The van der Waals surface area contributed by atoms with Gasteiger partial charge in [0.1, 0.15) is 5.82 Å². The molecule has 0 saturated carbocycles. The van der Waals surface area contributed by atoms with Gasteiger partial charge < -0.3 is 0 Å². The molecule has 0 radical (unpaired) electrons. The van der Waals surface area contributed by atoms with Gasteiger partial charge >= 0.3 is 0 Å². The van der Waals surface area contributed by atoms with Gasteiger partial charge in [-0.1, -0.05) is 0 Å². The molecule has 2 aromatic carbocycles. The number of nitrogens with one attached hydrogen (secondary N) is 1. The monoisotopic (exact) mass is 431 g/mol. The first-order valence-corrected chi connectivity index (χ1v) is 11.4. The summed E-state index contributed by atoms with van der Waals surface area (Å²) in [5, 5.41) is 3.21. The average molecular weight is 432 g/mol. The molecule has 2 heterocycles. The lowest BCUT2D eigenvalue weighted by atomic mass is 10.1. The smallest absolute Gasteiger partial charge is 0.257 e. The Morgan fingerprint density at radius 3 is 2.45 bits per heavy atom. The van der Waals surface area contributed by atoms with Crippen LogP contribution in [0.4, 0.5) is 15.2 Å². The van der Waals surface area contributed by atoms with E-state index in [1.807, 2.05) is 6.92 Å². The highest BCUT2D eigenvalue weighted by molar-refractivity contribution is 7.93. The van der Waals surface area contributed by atoms with E-state index in [1.165, 1.54) is 27.8 Å². The molecule has 0 unspecified atom stereocenters. The van der Waals surface area contributed by atoms with Crippen LogP contribution in [0.15, 0.2) is 48.5 Å². The number of halogens is 1. The number of aromatic nitrogens is 1. The Morgan fingerprint density at radius 1 is 1.14 bits per heavy atom. The summed E-state index contributed by atoms with van der Waals surface area (Å²) in [5.41, 5.74) is 2.43. The maximum atomic E-state index is 13.1. The number of benzene rings is 2. The Bertz CT molecular complexity index is 1160. The molecule has 4 rings (SSSR count). The molecular weight excluding hydrogens is 413 g/mol. The molecule has 9 heteroatoms. The molecule has 29 heavy (non-hydrogen) atoms. The molecular formula is C20H18FN3O3S2. The number of amides is 1. The van der Waals surface area contributed by atoms with E-state index in [1.54, 1.807) is 36.4 Å². The van der Waals surface area contributed by atoms with Crippen LogP contribution in [0.5, 0.6) is 0 Å². The standard InChI is InChI=1S/C20H18FN3O3S2/c1-13-18(14-3-7-16(21)8-4-14)22-20(28-13)23-19(25)15-5-9-17(10-6-15)24-11-2-12-29(24,26)27/h3-10H,2,11-12H2,1H3,(H,22,23,25). The van der Waals surface area contributed by atoms with Gasteiger partial charge in [0.15, 0.2) is 5.13 Å². The molecule has 0 aliphatic carbocycles. The number of carbonyl (C=O) groups is 1. The molecule has 1 fully saturated rings. The summed E-state index contributed by atoms with van der Waals surface area (Å²) in [6.07, 6.45) is 0.602. The second-order valence-electron chi connectivity index (χ2n) is 6.67. The first-order chi connectivity index (χ1) is 13.8. The van der Waals surface area contributed by atoms with Crippen LogP contribution in [0.3, 0.4) is 0 Å². The topological polar surface area (TPSA) is 79.4 Å². The van der Waals surface area contributed by atoms with E-state index in [0.717, 1.165) is 10.4 Å². The lowest BCUT2D eigenvalue weighted by Gasteiger charge is -2.16. The molecule has 0 atom stereocenters. The number of anilines is 2. The van der Waals surface area contributed by atoms with E-state index in [0.29, 0.717) is 35.0 Å². The van der Waals surface area contributed by atoms with Crippen molar-refractivity contribution in [1.82, 2.24) is 4.98 Å². The van der Waals surface area contributed by atoms with Gasteiger partial charge in [-0.05, 0) is 61.9 Å². The number of nitrogens with zero attached hydrogens (tertiary/aromatic N) is 2. The highest BCUT2D eigenvalue weighted by Gasteiger charge is 2.28. The Kier molecular flexibility index (Phi) is 5.10. The predicted octanol–water partition coefficient (Wildman–Crippen LogP) is 4.05. The molecule has 1 N–H and O–H groups in total. The van der Waals surface area contributed by atoms with Crippen LogP contribution < -0.4 is 9.62 Å². The molecule has 0 bridgehead atoms. The predicted molar refractivity (Wildman–Crippen MR) is 112 cm³/mol. The van der Waals surface area contributed by atoms with E-state index >= 15 is 0 Å². The minimum absolute atomic E-state index is 0.148. The summed E-state index contributed by atoms with van der Waals surface area (Å²) in [6.45, 7) is 2.34. The molecule has 1 aliphatic rings. The summed E-state index contributed by atoms with van der Waals surface area (Å²) in [5.74, 6) is -0.504. The van der Waals surface area contributed by atoms with Gasteiger partial charge in [-0.2, -0.15) is 0 Å². The second-order valence-corrected chi connectivity index (χ2v) is 9.89. The maximum absolute atomic E-state index is 13.1. The van der Waals surface area contributed by atoms with Crippen LogP contribution in [0.2, 0.25) is 0 Å². The van der Waals surface area contributed by atoms with Crippen molar-refractivity contribution in [2.24, 2.45) is 0 Å². The fourth-order valence-corrected chi connectivity index (χ4v) is 5.60. The molecule has 6 nitrogen and oxygen atoms in total. The fraction of sp³-hybridized carbons (Fsp3) is 0.200. The third-order valence-corrected chi connectivity index (χ3v) is 7.41. The zero-order valence-corrected chi connectivity index (χ0v) is 17.2. The van der Waals surface area contributed by atoms with Gasteiger partial charge in [-0.3, -0.25) is 14.4 Å². The quantitative estimate of drug-likeness (QED) is 0.676. The van der Waals surface area contributed by atoms with Crippen molar-refractivity contribution < 1.29 is 17.6 Å². The van der Waals surface area contributed by atoms with Crippen LogP contribution >= 0.6 is 11.3 Å². The molecule has 1 amide bonds. The van der Waals surface area contributed by atoms with Crippen LogP contribution in [0, 0.1) is 12.7 Å². The van der Waals surface area contributed by atoms with Crippen LogP contribution in [0.25, 0.3) is 11.3 Å². The second kappa shape index (κ2) is 7.57. The summed E-state index contributed by atoms with van der Waals surface area (Å²) in [4.78, 5) is 17.9. The van der Waals surface area contributed by atoms with Gasteiger partial charge in [-0.15, -0.1) is 11.3 Å². The first kappa shape index (κ1) is 19.5. The van der Waals surface area contributed by atoms with E-state index < -0.39 is 10.0 Å². The summed E-state index contributed by atoms with van der Waals surface area (Å²) >= 11 is 1.34. The van der Waals surface area contributed by atoms with E-state index in [2.05, 4.69) is 10.3 Å². The largest absolute Gasteiger partial charge is 0.298 e. The number of thiazole rings is 1. The van der Waals surface area contributed by atoms with E-state index in [9.17, 15) is 17.6 Å². The van der Waals surface area contributed by atoms with Crippen LogP contribution in [-0.2, 0) is 10.0 Å². The maximum Gasteiger partial charge on any atom is 0.257 e. The van der Waals surface area contributed by atoms with E-state index in [-0.39, 0.29) is 17.5 Å². The Hall–Kier alpha value is -2.78. The third kappa shape index (κ3) is 4.01. The molecule has 1 aliphatic heterocycles. The van der Waals surface area contributed by atoms with E-state index in [4.69, 9.17) is 0 Å². The summed E-state index contributed by atoms with van der Waals surface area (Å²) in [6, 6.07) is 12.5. The zero-order chi connectivity index (χ0) is 20.6. The number of rotatable bonds is 4. The minimum Gasteiger partial charge on any atom is -0.298 e. The molecule has 3 aromatic rings. The van der Waals surface area contributed by atoms with Crippen molar-refractivity contribution in [3.8, 4) is 11.3 Å². The van der Waals surface area contributed by atoms with Crippen LogP contribution in [0.1, 0.15) is 21.7 Å². The highest BCUT2D eigenvalue weighted by atomic mass is 32.2. The average Bonchev–Trinajstić information content (AvgIpc) is 3.23.